The molecule has 0 amide bonds. The molecule has 1 rings (SSSR count). The van der Waals surface area contributed by atoms with E-state index in [1.807, 2.05) is 0 Å². The summed E-state index contributed by atoms with van der Waals surface area (Å²) in [5.41, 5.74) is 5.42. The van der Waals surface area contributed by atoms with Crippen LogP contribution in [-0.2, 0) is 9.53 Å². The van der Waals surface area contributed by atoms with Crippen molar-refractivity contribution in [1.29, 1.82) is 0 Å². The summed E-state index contributed by atoms with van der Waals surface area (Å²) in [4.78, 5) is 10.0. The highest BCUT2D eigenvalue weighted by molar-refractivity contribution is 5.59. The lowest BCUT2D eigenvalue weighted by Crippen LogP contribution is -2.31. The van der Waals surface area contributed by atoms with E-state index in [2.05, 4.69) is 0 Å². The van der Waals surface area contributed by atoms with Crippen LogP contribution in [-0.4, -0.2) is 25.0 Å². The van der Waals surface area contributed by atoms with Crippen LogP contribution < -0.4 is 5.73 Å². The van der Waals surface area contributed by atoms with Gasteiger partial charge in [-0.25, -0.2) is 0 Å². The van der Waals surface area contributed by atoms with E-state index in [4.69, 9.17) is 10.5 Å². The Morgan fingerprint density at radius 1 is 1.67 bits per heavy atom. The van der Waals surface area contributed by atoms with Gasteiger partial charge in [-0.15, -0.1) is 0 Å². The number of carbonyl (C=O) groups excluding carboxylic acids is 1. The van der Waals surface area contributed by atoms with E-state index in [1.54, 1.807) is 12.2 Å². The quantitative estimate of drug-likeness (QED) is 0.380. The predicted molar refractivity (Wildman–Crippen MR) is 32.9 cm³/mol. The van der Waals surface area contributed by atoms with Crippen molar-refractivity contribution < 1.29 is 9.53 Å². The summed E-state index contributed by atoms with van der Waals surface area (Å²) in [5.74, 6) is 0. The first kappa shape index (κ1) is 6.45. The van der Waals surface area contributed by atoms with Gasteiger partial charge in [0.05, 0.1) is 6.61 Å². The molecule has 0 fully saturated rings. The van der Waals surface area contributed by atoms with Gasteiger partial charge in [-0.05, 0) is 0 Å². The largest absolute Gasteiger partial charge is 0.365 e. The van der Waals surface area contributed by atoms with E-state index in [1.165, 1.54) is 0 Å². The summed E-state index contributed by atoms with van der Waals surface area (Å²) in [6.07, 6.45) is 3.83. The molecular formula is C6H9NO2. The SMILES string of the molecule is N[C@@H]1C=C[C@@H](C=O)OC1. The zero-order chi connectivity index (χ0) is 6.69. The van der Waals surface area contributed by atoms with Crippen LogP contribution in [0.2, 0.25) is 0 Å². The second-order valence-electron chi connectivity index (χ2n) is 1.98. The maximum absolute atomic E-state index is 10.0. The molecule has 0 aromatic heterocycles. The Morgan fingerprint density at radius 2 is 2.44 bits per heavy atom. The van der Waals surface area contributed by atoms with Gasteiger partial charge < -0.3 is 15.3 Å². The topological polar surface area (TPSA) is 52.3 Å². The molecule has 2 atom stereocenters. The maximum Gasteiger partial charge on any atom is 0.152 e. The summed E-state index contributed by atoms with van der Waals surface area (Å²) in [6, 6.07) is -0.0406. The molecule has 0 aromatic rings. The average Bonchev–Trinajstić information content (AvgIpc) is 1.90. The predicted octanol–water partition coefficient (Wildman–Crippen LogP) is -0.532. The summed E-state index contributed by atoms with van der Waals surface area (Å²) in [6.45, 7) is 0.444. The molecule has 0 aromatic carbocycles. The minimum Gasteiger partial charge on any atom is -0.365 e. The molecule has 0 unspecified atom stereocenters. The molecule has 1 heterocycles. The zero-order valence-corrected chi connectivity index (χ0v) is 4.99. The van der Waals surface area contributed by atoms with Crippen molar-refractivity contribution in [3.05, 3.63) is 12.2 Å². The molecule has 2 N–H and O–H groups in total. The number of hydrogen-bond acceptors (Lipinski definition) is 3. The fraction of sp³-hybridized carbons (Fsp3) is 0.500. The van der Waals surface area contributed by atoms with Gasteiger partial charge in [-0.1, -0.05) is 12.2 Å². The number of hydrogen-bond donors (Lipinski definition) is 1. The first-order valence-electron chi connectivity index (χ1n) is 2.83. The van der Waals surface area contributed by atoms with Gasteiger partial charge in [0.2, 0.25) is 0 Å². The number of nitrogens with two attached hydrogens (primary N) is 1. The Labute approximate surface area is 53.5 Å². The van der Waals surface area contributed by atoms with Crippen molar-refractivity contribution in [2.75, 3.05) is 6.61 Å². The molecule has 0 radical (unpaired) electrons. The summed E-state index contributed by atoms with van der Waals surface area (Å²) >= 11 is 0. The van der Waals surface area contributed by atoms with Crippen LogP contribution in [0.1, 0.15) is 0 Å². The average molecular weight is 127 g/mol. The van der Waals surface area contributed by atoms with Crippen LogP contribution in [0.15, 0.2) is 12.2 Å². The summed E-state index contributed by atoms with van der Waals surface area (Å²) in [7, 11) is 0. The second kappa shape index (κ2) is 2.75. The minimum atomic E-state index is -0.371. The maximum atomic E-state index is 10.0. The lowest BCUT2D eigenvalue weighted by Gasteiger charge is -2.16. The molecule has 0 saturated heterocycles. The summed E-state index contributed by atoms with van der Waals surface area (Å²) < 4.78 is 4.96. The Morgan fingerprint density at radius 3 is 2.89 bits per heavy atom. The van der Waals surface area contributed by atoms with Crippen LogP contribution in [0.4, 0.5) is 0 Å². The van der Waals surface area contributed by atoms with Crippen molar-refractivity contribution in [2.24, 2.45) is 5.73 Å². The van der Waals surface area contributed by atoms with Crippen molar-refractivity contribution >= 4 is 6.29 Å². The van der Waals surface area contributed by atoms with Gasteiger partial charge in [0.1, 0.15) is 6.10 Å². The molecule has 1 aliphatic heterocycles. The van der Waals surface area contributed by atoms with Gasteiger partial charge in [-0.2, -0.15) is 0 Å². The molecule has 9 heavy (non-hydrogen) atoms. The van der Waals surface area contributed by atoms with Crippen molar-refractivity contribution in [3.8, 4) is 0 Å². The highest BCUT2D eigenvalue weighted by atomic mass is 16.5. The zero-order valence-electron chi connectivity index (χ0n) is 4.99. The summed E-state index contributed by atoms with van der Waals surface area (Å²) in [5, 5.41) is 0. The third-order valence-corrected chi connectivity index (χ3v) is 1.16. The van der Waals surface area contributed by atoms with Crippen molar-refractivity contribution in [2.45, 2.75) is 12.1 Å². The number of ether oxygens (including phenoxy) is 1. The first-order valence-corrected chi connectivity index (χ1v) is 2.83. The van der Waals surface area contributed by atoms with E-state index in [-0.39, 0.29) is 12.1 Å². The lowest BCUT2D eigenvalue weighted by molar-refractivity contribution is -0.116. The number of rotatable bonds is 1. The van der Waals surface area contributed by atoms with Crippen LogP contribution in [0.5, 0.6) is 0 Å². The Hall–Kier alpha value is -0.670. The third kappa shape index (κ3) is 1.62. The standard InChI is InChI=1S/C6H9NO2/c7-5-1-2-6(3-8)9-4-5/h1-3,5-6H,4,7H2/t5-,6+/m1/s1. The van der Waals surface area contributed by atoms with Crippen LogP contribution in [0, 0.1) is 0 Å². The number of carbonyl (C=O) groups is 1. The van der Waals surface area contributed by atoms with Gasteiger partial charge >= 0.3 is 0 Å². The Bertz CT molecular complexity index is 133. The molecular weight excluding hydrogens is 118 g/mol. The fourth-order valence-electron chi connectivity index (χ4n) is 0.670. The molecule has 50 valence electrons. The minimum absolute atomic E-state index is 0.0406. The van der Waals surface area contributed by atoms with Crippen LogP contribution in [0.25, 0.3) is 0 Å². The Kier molecular flexibility index (Phi) is 1.97. The molecule has 3 nitrogen and oxygen atoms in total. The second-order valence-corrected chi connectivity index (χ2v) is 1.98. The first-order chi connectivity index (χ1) is 4.33. The van der Waals surface area contributed by atoms with Gasteiger partial charge in [0.25, 0.3) is 0 Å². The molecule has 0 spiro atoms. The van der Waals surface area contributed by atoms with Crippen LogP contribution in [0.3, 0.4) is 0 Å². The fourth-order valence-corrected chi connectivity index (χ4v) is 0.670. The third-order valence-electron chi connectivity index (χ3n) is 1.16. The van der Waals surface area contributed by atoms with E-state index < -0.39 is 0 Å². The van der Waals surface area contributed by atoms with E-state index in [0.29, 0.717) is 6.61 Å². The molecule has 0 bridgehead atoms. The van der Waals surface area contributed by atoms with E-state index in [9.17, 15) is 4.79 Å². The van der Waals surface area contributed by atoms with Crippen LogP contribution >= 0.6 is 0 Å². The molecule has 1 aliphatic rings. The lowest BCUT2D eigenvalue weighted by atomic mass is 10.2. The molecule has 3 heteroatoms. The monoisotopic (exact) mass is 127 g/mol. The van der Waals surface area contributed by atoms with Gasteiger partial charge in [0, 0.05) is 6.04 Å². The highest BCUT2D eigenvalue weighted by Gasteiger charge is 2.10. The molecule has 0 saturated carbocycles. The van der Waals surface area contributed by atoms with E-state index in [0.717, 1.165) is 6.29 Å². The highest BCUT2D eigenvalue weighted by Crippen LogP contribution is 2.00. The Balaban J connectivity index is 2.47. The normalized spacial score (nSPS) is 34.3. The van der Waals surface area contributed by atoms with Gasteiger partial charge in [0.15, 0.2) is 6.29 Å². The van der Waals surface area contributed by atoms with Gasteiger partial charge in [-0.3, -0.25) is 0 Å². The van der Waals surface area contributed by atoms with Crippen molar-refractivity contribution in [1.82, 2.24) is 0 Å². The van der Waals surface area contributed by atoms with Crippen molar-refractivity contribution in [3.63, 3.8) is 0 Å². The molecule has 0 aliphatic carbocycles. The number of aldehydes is 1. The smallest absolute Gasteiger partial charge is 0.152 e. The van der Waals surface area contributed by atoms with E-state index >= 15 is 0 Å².